The number of aromatic nitrogens is 2. The maximum Gasteiger partial charge on any atom is 0.224 e. The number of hydrogen-bond donors (Lipinski definition) is 3. The normalized spacial score (nSPS) is 33.9. The first kappa shape index (κ1) is 17.4. The molecule has 0 saturated heterocycles. The molecule has 0 bridgehead atoms. The molecule has 2 saturated carbocycles. The van der Waals surface area contributed by atoms with E-state index in [-0.39, 0.29) is 6.04 Å². The number of methoxy groups -OCH3 is 1. The van der Waals surface area contributed by atoms with Crippen LogP contribution in [0.15, 0.2) is 12.3 Å². The maximum atomic E-state index is 10.2. The fourth-order valence-corrected chi connectivity index (χ4v) is 3.93. The Balaban J connectivity index is 1.54. The van der Waals surface area contributed by atoms with E-state index in [1.54, 1.807) is 13.3 Å². The van der Waals surface area contributed by atoms with Gasteiger partial charge in [-0.15, -0.1) is 0 Å². The minimum atomic E-state index is -0.565. The van der Waals surface area contributed by atoms with Crippen LogP contribution in [0.1, 0.15) is 58.3 Å². The molecule has 0 radical (unpaired) electrons. The molecule has 134 valence electrons. The van der Waals surface area contributed by atoms with Crippen molar-refractivity contribution in [2.45, 2.75) is 82.1 Å². The monoisotopic (exact) mass is 334 g/mol. The molecule has 3 N–H and O–H groups in total. The molecule has 0 aliphatic heterocycles. The molecule has 24 heavy (non-hydrogen) atoms. The zero-order chi connectivity index (χ0) is 17.0. The van der Waals surface area contributed by atoms with Crippen molar-refractivity contribution in [1.29, 1.82) is 0 Å². The molecule has 3 rings (SSSR count). The van der Waals surface area contributed by atoms with Crippen LogP contribution in [0.25, 0.3) is 0 Å². The summed E-state index contributed by atoms with van der Waals surface area (Å²) in [5.74, 6) is 1.52. The Morgan fingerprint density at radius 3 is 2.67 bits per heavy atom. The average molecular weight is 334 g/mol. The van der Waals surface area contributed by atoms with Crippen LogP contribution >= 0.6 is 0 Å². The predicted molar refractivity (Wildman–Crippen MR) is 95.2 cm³/mol. The summed E-state index contributed by atoms with van der Waals surface area (Å²) in [7, 11) is 1.79. The number of nitrogens with one attached hydrogen (secondary N) is 2. The van der Waals surface area contributed by atoms with Gasteiger partial charge in [0.25, 0.3) is 0 Å². The van der Waals surface area contributed by atoms with Gasteiger partial charge in [-0.05, 0) is 64.4 Å². The molecule has 0 spiro atoms. The summed E-state index contributed by atoms with van der Waals surface area (Å²) in [6.45, 7) is 1.92. The lowest BCUT2D eigenvalue weighted by atomic mass is 9.83. The van der Waals surface area contributed by atoms with Crippen molar-refractivity contribution < 1.29 is 9.84 Å². The van der Waals surface area contributed by atoms with Gasteiger partial charge in [0.05, 0.1) is 11.7 Å². The van der Waals surface area contributed by atoms with Gasteiger partial charge < -0.3 is 20.5 Å². The van der Waals surface area contributed by atoms with E-state index in [9.17, 15) is 5.11 Å². The third kappa shape index (κ3) is 4.80. The van der Waals surface area contributed by atoms with Crippen LogP contribution in [0.5, 0.6) is 0 Å². The second-order valence-electron chi connectivity index (χ2n) is 7.55. The van der Waals surface area contributed by atoms with Gasteiger partial charge >= 0.3 is 0 Å². The van der Waals surface area contributed by atoms with Crippen molar-refractivity contribution >= 4 is 11.8 Å². The fourth-order valence-electron chi connectivity index (χ4n) is 3.93. The van der Waals surface area contributed by atoms with Crippen LogP contribution in [-0.2, 0) is 4.74 Å². The summed E-state index contributed by atoms with van der Waals surface area (Å²) in [5.41, 5.74) is -0.565. The Labute approximate surface area is 144 Å². The van der Waals surface area contributed by atoms with Crippen molar-refractivity contribution in [3.05, 3.63) is 12.3 Å². The molecular formula is C18H30N4O2. The Bertz CT molecular complexity index is 530. The molecule has 0 amide bonds. The average Bonchev–Trinajstić information content (AvgIpc) is 2.55. The van der Waals surface area contributed by atoms with Crippen LogP contribution in [0.4, 0.5) is 11.8 Å². The van der Waals surface area contributed by atoms with E-state index in [1.165, 1.54) is 0 Å². The van der Waals surface area contributed by atoms with Gasteiger partial charge in [0, 0.05) is 25.4 Å². The molecule has 2 atom stereocenters. The van der Waals surface area contributed by atoms with E-state index in [1.807, 2.05) is 13.0 Å². The van der Waals surface area contributed by atoms with Gasteiger partial charge in [-0.2, -0.15) is 4.98 Å². The highest BCUT2D eigenvalue weighted by atomic mass is 16.5. The summed E-state index contributed by atoms with van der Waals surface area (Å²) in [5, 5.41) is 17.2. The van der Waals surface area contributed by atoms with Crippen LogP contribution in [-0.4, -0.2) is 46.0 Å². The SMILES string of the molecule is COC1CCC(Nc2nccc(N[C@@H]3CCC[C@@](C)(O)C3)n2)CC1. The highest BCUT2D eigenvalue weighted by Gasteiger charge is 2.30. The molecule has 0 unspecified atom stereocenters. The van der Waals surface area contributed by atoms with Gasteiger partial charge in [0.1, 0.15) is 5.82 Å². The Kier molecular flexibility index (Phi) is 5.56. The number of hydrogen-bond acceptors (Lipinski definition) is 6. The molecule has 1 aromatic heterocycles. The zero-order valence-electron chi connectivity index (χ0n) is 14.8. The van der Waals surface area contributed by atoms with Crippen molar-refractivity contribution in [3.63, 3.8) is 0 Å². The second kappa shape index (κ2) is 7.66. The van der Waals surface area contributed by atoms with E-state index in [2.05, 4.69) is 20.6 Å². The first-order valence-electron chi connectivity index (χ1n) is 9.15. The molecule has 1 aromatic rings. The number of nitrogens with zero attached hydrogens (tertiary/aromatic N) is 2. The molecule has 6 heteroatoms. The van der Waals surface area contributed by atoms with Crippen molar-refractivity contribution in [1.82, 2.24) is 9.97 Å². The molecule has 2 aliphatic carbocycles. The lowest BCUT2D eigenvalue weighted by molar-refractivity contribution is 0.0182. The smallest absolute Gasteiger partial charge is 0.224 e. The van der Waals surface area contributed by atoms with Gasteiger partial charge in [0.2, 0.25) is 5.95 Å². The largest absolute Gasteiger partial charge is 0.390 e. The molecular weight excluding hydrogens is 304 g/mol. The Morgan fingerprint density at radius 2 is 1.96 bits per heavy atom. The predicted octanol–water partition coefficient (Wildman–Crippen LogP) is 2.95. The first-order valence-corrected chi connectivity index (χ1v) is 9.15. The van der Waals surface area contributed by atoms with E-state index in [4.69, 9.17) is 4.74 Å². The van der Waals surface area contributed by atoms with E-state index < -0.39 is 5.60 Å². The molecule has 0 aromatic carbocycles. The van der Waals surface area contributed by atoms with Crippen LogP contribution in [0.3, 0.4) is 0 Å². The van der Waals surface area contributed by atoms with E-state index >= 15 is 0 Å². The third-order valence-corrected chi connectivity index (χ3v) is 5.30. The summed E-state index contributed by atoms with van der Waals surface area (Å²) in [6, 6.07) is 2.59. The minimum Gasteiger partial charge on any atom is -0.390 e. The maximum absolute atomic E-state index is 10.2. The van der Waals surface area contributed by atoms with Gasteiger partial charge in [-0.3, -0.25) is 0 Å². The van der Waals surface area contributed by atoms with Crippen LogP contribution < -0.4 is 10.6 Å². The number of aliphatic hydroxyl groups is 1. The lowest BCUT2D eigenvalue weighted by Crippen LogP contribution is -2.38. The van der Waals surface area contributed by atoms with Crippen molar-refractivity contribution in [2.24, 2.45) is 0 Å². The van der Waals surface area contributed by atoms with E-state index in [0.717, 1.165) is 57.2 Å². The summed E-state index contributed by atoms with van der Waals surface area (Å²) in [6.07, 6.45) is 10.3. The molecule has 2 aliphatic rings. The molecule has 6 nitrogen and oxygen atoms in total. The summed E-state index contributed by atoms with van der Waals surface area (Å²) < 4.78 is 5.42. The lowest BCUT2D eigenvalue weighted by Gasteiger charge is -2.34. The summed E-state index contributed by atoms with van der Waals surface area (Å²) >= 11 is 0. The number of anilines is 2. The fraction of sp³-hybridized carbons (Fsp3) is 0.778. The van der Waals surface area contributed by atoms with Crippen LogP contribution in [0, 0.1) is 0 Å². The zero-order valence-corrected chi connectivity index (χ0v) is 14.8. The Morgan fingerprint density at radius 1 is 1.17 bits per heavy atom. The number of rotatable bonds is 5. The minimum absolute atomic E-state index is 0.272. The van der Waals surface area contributed by atoms with E-state index in [0.29, 0.717) is 18.1 Å². The molecule has 2 fully saturated rings. The second-order valence-corrected chi connectivity index (χ2v) is 7.55. The standard InChI is InChI=1S/C18H30N4O2/c1-18(23)10-3-4-14(12-18)20-16-9-11-19-17(22-16)21-13-5-7-15(24-2)8-6-13/h9,11,13-15,23H,3-8,10,12H2,1-2H3,(H2,19,20,21,22)/t13?,14-,15?,18-/m1/s1. The van der Waals surface area contributed by atoms with Gasteiger partial charge in [-0.1, -0.05) is 0 Å². The third-order valence-electron chi connectivity index (χ3n) is 5.30. The quantitative estimate of drug-likeness (QED) is 0.768. The number of ether oxygens (including phenoxy) is 1. The first-order chi connectivity index (χ1) is 11.5. The van der Waals surface area contributed by atoms with Gasteiger partial charge in [0.15, 0.2) is 0 Å². The van der Waals surface area contributed by atoms with Gasteiger partial charge in [-0.25, -0.2) is 4.98 Å². The topological polar surface area (TPSA) is 79.3 Å². The molecule has 1 heterocycles. The van der Waals surface area contributed by atoms with Crippen molar-refractivity contribution in [3.8, 4) is 0 Å². The highest BCUT2D eigenvalue weighted by Crippen LogP contribution is 2.29. The Hall–Kier alpha value is -1.40. The summed E-state index contributed by atoms with van der Waals surface area (Å²) in [4.78, 5) is 8.95. The highest BCUT2D eigenvalue weighted by molar-refractivity contribution is 5.41. The van der Waals surface area contributed by atoms with Crippen LogP contribution in [0.2, 0.25) is 0 Å². The van der Waals surface area contributed by atoms with Crippen molar-refractivity contribution in [2.75, 3.05) is 17.7 Å².